The Morgan fingerprint density at radius 3 is 2.53 bits per heavy atom. The molecule has 1 aromatic carbocycles. The van der Waals surface area contributed by atoms with Crippen LogP contribution in [0.25, 0.3) is 22.2 Å². The first-order valence-corrected chi connectivity index (χ1v) is 9.35. The number of aromatic nitrogens is 1. The van der Waals surface area contributed by atoms with Gasteiger partial charge in [-0.3, -0.25) is 4.79 Å². The molecule has 156 valence electrons. The molecule has 0 aliphatic rings. The molecule has 1 amide bonds. The fraction of sp³-hybridized carbons (Fsp3) is 0.273. The topological polar surface area (TPSA) is 113 Å². The number of carbonyl (C=O) groups excluding carboxylic acids is 1. The van der Waals surface area contributed by atoms with Crippen LogP contribution in [0, 0.1) is 6.92 Å². The van der Waals surface area contributed by atoms with E-state index in [4.69, 9.17) is 9.52 Å². The van der Waals surface area contributed by atoms with Gasteiger partial charge in [0, 0.05) is 24.1 Å². The van der Waals surface area contributed by atoms with Gasteiger partial charge in [0.15, 0.2) is 0 Å². The number of aliphatic carboxylic acids is 1. The summed E-state index contributed by atoms with van der Waals surface area (Å²) in [5, 5.41) is 12.3. The second kappa shape index (κ2) is 7.98. The second-order valence-electron chi connectivity index (χ2n) is 7.65. The van der Waals surface area contributed by atoms with Crippen LogP contribution in [-0.4, -0.2) is 41.1 Å². The summed E-state index contributed by atoms with van der Waals surface area (Å²) in [7, 11) is 1.64. The number of anilines is 1. The lowest BCUT2D eigenvalue weighted by atomic mass is 9.99. The molecule has 0 aliphatic carbocycles. The average Bonchev–Trinajstić information content (AvgIpc) is 2.66. The molecule has 0 atom stereocenters. The van der Waals surface area contributed by atoms with Crippen molar-refractivity contribution in [3.63, 3.8) is 0 Å². The number of nitrogens with one attached hydrogen (secondary N) is 1. The average molecular weight is 409 g/mol. The van der Waals surface area contributed by atoms with Gasteiger partial charge in [0.25, 0.3) is 0 Å². The Bertz CT molecular complexity index is 1180. The molecule has 0 bridgehead atoms. The van der Waals surface area contributed by atoms with Crippen LogP contribution in [-0.2, 0) is 9.59 Å². The zero-order valence-corrected chi connectivity index (χ0v) is 17.2. The van der Waals surface area contributed by atoms with Crippen molar-refractivity contribution in [3.8, 4) is 11.1 Å². The largest absolute Gasteiger partial charge is 0.480 e. The quantitative estimate of drug-likeness (QED) is 0.643. The number of carbonyl (C=O) groups is 2. The van der Waals surface area contributed by atoms with Gasteiger partial charge in [-0.05, 0) is 44.0 Å². The molecular formula is C22H23N3O5. The van der Waals surface area contributed by atoms with E-state index in [1.54, 1.807) is 24.1 Å². The van der Waals surface area contributed by atoms with Crippen molar-refractivity contribution in [1.82, 2.24) is 10.3 Å². The zero-order chi connectivity index (χ0) is 22.1. The van der Waals surface area contributed by atoms with E-state index < -0.39 is 23.0 Å². The Morgan fingerprint density at radius 1 is 1.17 bits per heavy atom. The molecule has 3 rings (SSSR count). The smallest absolute Gasteiger partial charge is 0.338 e. The second-order valence-corrected chi connectivity index (χ2v) is 7.65. The van der Waals surface area contributed by atoms with E-state index in [2.05, 4.69) is 10.3 Å². The van der Waals surface area contributed by atoms with E-state index in [0.29, 0.717) is 11.2 Å². The number of carboxylic acids is 1. The predicted molar refractivity (Wildman–Crippen MR) is 114 cm³/mol. The summed E-state index contributed by atoms with van der Waals surface area (Å²) in [5.74, 6) is -1.19. The van der Waals surface area contributed by atoms with Crippen LogP contribution < -0.4 is 15.8 Å². The first-order valence-electron chi connectivity index (χ1n) is 9.35. The number of pyridine rings is 1. The lowest BCUT2D eigenvalue weighted by Gasteiger charge is -2.24. The van der Waals surface area contributed by atoms with Gasteiger partial charge in [-0.25, -0.2) is 9.59 Å². The van der Waals surface area contributed by atoms with Gasteiger partial charge in [0.2, 0.25) is 11.6 Å². The molecule has 0 radical (unpaired) electrons. The van der Waals surface area contributed by atoms with E-state index in [9.17, 15) is 14.4 Å². The molecular weight excluding hydrogens is 386 g/mol. The molecule has 0 spiro atoms. The third-order valence-corrected chi connectivity index (χ3v) is 4.79. The highest BCUT2D eigenvalue weighted by atomic mass is 16.4. The normalized spacial score (nSPS) is 11.3. The summed E-state index contributed by atoms with van der Waals surface area (Å²) in [4.78, 5) is 41.5. The molecule has 0 unspecified atom stereocenters. The van der Waals surface area contributed by atoms with Crippen LogP contribution in [0.5, 0.6) is 0 Å². The Kier molecular flexibility index (Phi) is 5.60. The number of fused-ring (bicyclic) bond motifs is 1. The minimum Gasteiger partial charge on any atom is -0.480 e. The molecule has 8 heteroatoms. The van der Waals surface area contributed by atoms with E-state index in [-0.39, 0.29) is 12.3 Å². The van der Waals surface area contributed by atoms with Gasteiger partial charge in [0.1, 0.15) is 11.4 Å². The third kappa shape index (κ3) is 4.32. The van der Waals surface area contributed by atoms with Gasteiger partial charge >= 0.3 is 11.6 Å². The van der Waals surface area contributed by atoms with Crippen molar-refractivity contribution < 1.29 is 19.1 Å². The Hall–Kier alpha value is -3.68. The Morgan fingerprint density at radius 2 is 1.87 bits per heavy atom. The molecule has 2 N–H and O–H groups in total. The number of aryl methyl sites for hydroxylation is 1. The fourth-order valence-corrected chi connectivity index (χ4v) is 3.08. The van der Waals surface area contributed by atoms with Crippen LogP contribution in [0.4, 0.5) is 5.82 Å². The zero-order valence-electron chi connectivity index (χ0n) is 17.2. The Balaban J connectivity index is 1.92. The summed E-state index contributed by atoms with van der Waals surface area (Å²) in [6.45, 7) is 4.66. The van der Waals surface area contributed by atoms with Crippen molar-refractivity contribution in [2.75, 3.05) is 18.5 Å². The van der Waals surface area contributed by atoms with Gasteiger partial charge in [-0.2, -0.15) is 4.98 Å². The molecule has 30 heavy (non-hydrogen) atoms. The first kappa shape index (κ1) is 21.0. The number of nitrogens with zero attached hydrogens (tertiary/aromatic N) is 2. The highest BCUT2D eigenvalue weighted by Crippen LogP contribution is 2.30. The van der Waals surface area contributed by atoms with Crippen LogP contribution in [0.1, 0.15) is 19.4 Å². The third-order valence-electron chi connectivity index (χ3n) is 4.79. The number of carboxylic acid groups (broad SMARTS) is 1. The summed E-state index contributed by atoms with van der Waals surface area (Å²) in [6.07, 6.45) is 0. The van der Waals surface area contributed by atoms with Crippen LogP contribution in [0.15, 0.2) is 51.7 Å². The molecule has 2 heterocycles. The van der Waals surface area contributed by atoms with Crippen molar-refractivity contribution in [2.45, 2.75) is 26.3 Å². The van der Waals surface area contributed by atoms with Crippen molar-refractivity contribution in [1.29, 1.82) is 0 Å². The molecule has 2 aromatic heterocycles. The predicted octanol–water partition coefficient (Wildman–Crippen LogP) is 2.58. The summed E-state index contributed by atoms with van der Waals surface area (Å²) in [6, 6.07) is 12.7. The van der Waals surface area contributed by atoms with Crippen molar-refractivity contribution >= 4 is 28.8 Å². The summed E-state index contributed by atoms with van der Waals surface area (Å²) >= 11 is 0. The first-order chi connectivity index (χ1) is 14.1. The summed E-state index contributed by atoms with van der Waals surface area (Å²) < 4.78 is 5.30. The summed E-state index contributed by atoms with van der Waals surface area (Å²) in [5.41, 5.74) is 0.911. The standard InChI is InChI=1S/C22H23N3O5/c1-13-7-5-6-8-14(13)16-11-19(27)30-20-15(16)9-10-17(23-20)25(4)12-18(26)24-22(2,3)21(28)29/h5-11H,12H2,1-4H3,(H,24,26)(H,28,29). The van der Waals surface area contributed by atoms with Crippen LogP contribution >= 0.6 is 0 Å². The van der Waals surface area contributed by atoms with E-state index in [0.717, 1.165) is 16.7 Å². The molecule has 0 saturated carbocycles. The number of likely N-dealkylation sites (N-methyl/N-ethyl adjacent to an activating group) is 1. The van der Waals surface area contributed by atoms with Gasteiger partial charge < -0.3 is 19.7 Å². The highest BCUT2D eigenvalue weighted by molar-refractivity contribution is 5.93. The Labute approximate surface area is 173 Å². The molecule has 0 aliphatic heterocycles. The molecule has 8 nitrogen and oxygen atoms in total. The minimum absolute atomic E-state index is 0.114. The van der Waals surface area contributed by atoms with Gasteiger partial charge in [-0.15, -0.1) is 0 Å². The molecule has 3 aromatic rings. The number of rotatable bonds is 6. The number of hydrogen-bond donors (Lipinski definition) is 2. The molecule has 0 fully saturated rings. The number of hydrogen-bond acceptors (Lipinski definition) is 6. The lowest BCUT2D eigenvalue weighted by Crippen LogP contribution is -2.52. The van der Waals surface area contributed by atoms with Crippen LogP contribution in [0.3, 0.4) is 0 Å². The van der Waals surface area contributed by atoms with Gasteiger partial charge in [-0.1, -0.05) is 24.3 Å². The number of benzene rings is 1. The lowest BCUT2D eigenvalue weighted by molar-refractivity contribution is -0.145. The van der Waals surface area contributed by atoms with E-state index in [1.807, 2.05) is 31.2 Å². The van der Waals surface area contributed by atoms with Crippen molar-refractivity contribution in [2.24, 2.45) is 0 Å². The maximum atomic E-state index is 12.2. The minimum atomic E-state index is -1.38. The highest BCUT2D eigenvalue weighted by Gasteiger charge is 2.29. The van der Waals surface area contributed by atoms with Crippen LogP contribution in [0.2, 0.25) is 0 Å². The van der Waals surface area contributed by atoms with E-state index in [1.165, 1.54) is 19.9 Å². The number of amides is 1. The monoisotopic (exact) mass is 409 g/mol. The van der Waals surface area contributed by atoms with Crippen molar-refractivity contribution in [3.05, 3.63) is 58.4 Å². The maximum Gasteiger partial charge on any atom is 0.338 e. The maximum absolute atomic E-state index is 12.2. The molecule has 0 saturated heterocycles. The van der Waals surface area contributed by atoms with Gasteiger partial charge in [0.05, 0.1) is 6.54 Å². The fourth-order valence-electron chi connectivity index (χ4n) is 3.08. The SMILES string of the molecule is Cc1ccccc1-c1cc(=O)oc2nc(N(C)CC(=O)NC(C)(C)C(=O)O)ccc12. The van der Waals surface area contributed by atoms with E-state index >= 15 is 0 Å².